The first kappa shape index (κ1) is 7.52. The van der Waals surface area contributed by atoms with Gasteiger partial charge in [-0.3, -0.25) is 14.9 Å². The number of nitrogens with zero attached hydrogens (tertiary/aromatic N) is 1. The van der Waals surface area contributed by atoms with Crippen molar-refractivity contribution in [1.82, 2.24) is 10.2 Å². The maximum absolute atomic E-state index is 10.7. The predicted molar refractivity (Wildman–Crippen MR) is 32.7 cm³/mol. The van der Waals surface area contributed by atoms with Crippen molar-refractivity contribution in [2.45, 2.75) is 0 Å². The highest BCUT2D eigenvalue weighted by molar-refractivity contribution is 6.02. The minimum Gasteiger partial charge on any atom is -0.480 e. The molecular weight excluding hydrogens is 152 g/mol. The van der Waals surface area contributed by atoms with Crippen molar-refractivity contribution in [3.63, 3.8) is 0 Å². The molecule has 0 aromatic rings. The molecule has 1 saturated heterocycles. The minimum absolute atomic E-state index is 0.162. The summed E-state index contributed by atoms with van der Waals surface area (Å²) in [6.45, 7) is -0.595. The fraction of sp³-hybridized carbons (Fsp3) is 0.400. The minimum atomic E-state index is -1.13. The molecule has 1 heterocycles. The summed E-state index contributed by atoms with van der Waals surface area (Å²) in [7, 11) is 0. The molecule has 11 heavy (non-hydrogen) atoms. The van der Waals surface area contributed by atoms with E-state index in [1.807, 2.05) is 5.32 Å². The van der Waals surface area contributed by atoms with Gasteiger partial charge in [0.25, 0.3) is 0 Å². The number of rotatable bonds is 2. The van der Waals surface area contributed by atoms with E-state index in [0.717, 1.165) is 4.90 Å². The number of carbonyl (C=O) groups excluding carboxylic acids is 2. The highest BCUT2D eigenvalue weighted by Crippen LogP contribution is 1.96. The quantitative estimate of drug-likeness (QED) is 0.485. The number of urea groups is 1. The normalized spacial score (nSPS) is 16.9. The Bertz CT molecular complexity index is 225. The zero-order valence-electron chi connectivity index (χ0n) is 5.53. The second kappa shape index (κ2) is 2.57. The van der Waals surface area contributed by atoms with Crippen LogP contribution >= 0.6 is 0 Å². The van der Waals surface area contributed by atoms with Crippen molar-refractivity contribution in [3.8, 4) is 0 Å². The smallest absolute Gasteiger partial charge is 0.325 e. The molecule has 6 heteroatoms. The fourth-order valence-corrected chi connectivity index (χ4v) is 0.774. The van der Waals surface area contributed by atoms with Gasteiger partial charge in [-0.1, -0.05) is 0 Å². The van der Waals surface area contributed by atoms with Crippen LogP contribution < -0.4 is 5.32 Å². The second-order valence-corrected chi connectivity index (χ2v) is 2.10. The molecule has 0 aliphatic carbocycles. The third-order valence-corrected chi connectivity index (χ3v) is 1.19. The maximum atomic E-state index is 10.7. The van der Waals surface area contributed by atoms with Gasteiger partial charge in [-0.15, -0.1) is 0 Å². The van der Waals surface area contributed by atoms with Gasteiger partial charge in [-0.2, -0.15) is 0 Å². The Labute approximate surface area is 61.8 Å². The number of carboxylic acids is 1. The monoisotopic (exact) mass is 158 g/mol. The van der Waals surface area contributed by atoms with Crippen LogP contribution in [-0.4, -0.2) is 41.0 Å². The molecule has 0 aromatic carbocycles. The third kappa shape index (κ3) is 1.66. The molecular formula is C5H6N2O4. The summed E-state index contributed by atoms with van der Waals surface area (Å²) in [6, 6.07) is -0.641. The number of hydrogen-bond acceptors (Lipinski definition) is 3. The molecule has 0 spiro atoms. The zero-order valence-corrected chi connectivity index (χ0v) is 5.53. The Kier molecular flexibility index (Phi) is 1.75. The van der Waals surface area contributed by atoms with Crippen LogP contribution in [0.4, 0.5) is 4.79 Å². The molecule has 0 radical (unpaired) electrons. The van der Waals surface area contributed by atoms with Gasteiger partial charge in [0, 0.05) is 0 Å². The zero-order chi connectivity index (χ0) is 8.43. The SMILES string of the molecule is O=C(O)CN1CC(=O)NC1=O. The standard InChI is InChI=1S/C5H6N2O4/c8-3-1-7(2-4(9)10)5(11)6-3/h1-2H2,(H,9,10)(H,6,8,11). The topological polar surface area (TPSA) is 86.7 Å². The van der Waals surface area contributed by atoms with Gasteiger partial charge in [-0.05, 0) is 0 Å². The van der Waals surface area contributed by atoms with Crippen molar-refractivity contribution in [1.29, 1.82) is 0 Å². The van der Waals surface area contributed by atoms with Gasteiger partial charge in [0.2, 0.25) is 5.91 Å². The molecule has 2 N–H and O–H groups in total. The molecule has 0 aromatic heterocycles. The molecule has 0 unspecified atom stereocenters. The van der Waals surface area contributed by atoms with Crippen LogP contribution in [0.3, 0.4) is 0 Å². The maximum Gasteiger partial charge on any atom is 0.325 e. The van der Waals surface area contributed by atoms with Crippen molar-refractivity contribution < 1.29 is 19.5 Å². The van der Waals surface area contributed by atoms with Gasteiger partial charge >= 0.3 is 12.0 Å². The summed E-state index contributed by atoms with van der Waals surface area (Å²) >= 11 is 0. The van der Waals surface area contributed by atoms with E-state index in [0.29, 0.717) is 0 Å². The second-order valence-electron chi connectivity index (χ2n) is 2.10. The number of nitrogens with one attached hydrogen (secondary N) is 1. The Balaban J connectivity index is 2.53. The molecule has 1 aliphatic rings. The largest absolute Gasteiger partial charge is 0.480 e. The van der Waals surface area contributed by atoms with Gasteiger partial charge in [0.05, 0.1) is 0 Å². The average molecular weight is 158 g/mol. The van der Waals surface area contributed by atoms with Crippen molar-refractivity contribution in [2.24, 2.45) is 0 Å². The number of hydrogen-bond donors (Lipinski definition) is 2. The number of carboxylic acid groups (broad SMARTS) is 1. The van der Waals surface area contributed by atoms with Crippen LogP contribution in [0.2, 0.25) is 0 Å². The molecule has 60 valence electrons. The Morgan fingerprint density at radius 2 is 2.27 bits per heavy atom. The number of aliphatic carboxylic acids is 1. The summed E-state index contributed by atoms with van der Waals surface area (Å²) in [6.07, 6.45) is 0. The summed E-state index contributed by atoms with van der Waals surface area (Å²) in [5.74, 6) is -1.59. The van der Waals surface area contributed by atoms with Crippen molar-refractivity contribution >= 4 is 17.9 Å². The fourth-order valence-electron chi connectivity index (χ4n) is 0.774. The highest BCUT2D eigenvalue weighted by atomic mass is 16.4. The third-order valence-electron chi connectivity index (χ3n) is 1.19. The first-order valence-electron chi connectivity index (χ1n) is 2.90. The van der Waals surface area contributed by atoms with Crippen LogP contribution in [0.5, 0.6) is 0 Å². The van der Waals surface area contributed by atoms with E-state index in [4.69, 9.17) is 5.11 Å². The summed E-state index contributed by atoms with van der Waals surface area (Å²) in [5, 5.41) is 10.2. The number of amides is 3. The Morgan fingerprint density at radius 3 is 2.64 bits per heavy atom. The van der Waals surface area contributed by atoms with Gasteiger partial charge < -0.3 is 10.0 Å². The van der Waals surface area contributed by atoms with Crippen LogP contribution in [-0.2, 0) is 9.59 Å². The highest BCUT2D eigenvalue weighted by Gasteiger charge is 2.27. The lowest BCUT2D eigenvalue weighted by Crippen LogP contribution is -2.32. The summed E-state index contributed by atoms with van der Waals surface area (Å²) in [4.78, 5) is 32.1. The first-order chi connectivity index (χ1) is 5.09. The summed E-state index contributed by atoms with van der Waals surface area (Å²) < 4.78 is 0. The lowest BCUT2D eigenvalue weighted by atomic mass is 10.5. The average Bonchev–Trinajstić information content (AvgIpc) is 2.09. The van der Waals surface area contributed by atoms with Crippen molar-refractivity contribution in [3.05, 3.63) is 0 Å². The van der Waals surface area contributed by atoms with Gasteiger partial charge in [0.15, 0.2) is 0 Å². The van der Waals surface area contributed by atoms with E-state index in [9.17, 15) is 14.4 Å². The first-order valence-corrected chi connectivity index (χ1v) is 2.90. The molecule has 1 aliphatic heterocycles. The molecule has 1 fully saturated rings. The molecule has 3 amide bonds. The van der Waals surface area contributed by atoms with E-state index in [1.54, 1.807) is 0 Å². The summed E-state index contributed by atoms with van der Waals surface area (Å²) in [5.41, 5.74) is 0. The van der Waals surface area contributed by atoms with Crippen molar-refractivity contribution in [2.75, 3.05) is 13.1 Å². The van der Waals surface area contributed by atoms with Crippen LogP contribution in [0.1, 0.15) is 0 Å². The molecule has 1 rings (SSSR count). The molecule has 6 nitrogen and oxygen atoms in total. The van der Waals surface area contributed by atoms with Crippen LogP contribution in [0.25, 0.3) is 0 Å². The van der Waals surface area contributed by atoms with Gasteiger partial charge in [0.1, 0.15) is 13.1 Å². The Hall–Kier alpha value is -1.59. The Morgan fingerprint density at radius 1 is 1.64 bits per heavy atom. The van der Waals surface area contributed by atoms with Crippen LogP contribution in [0, 0.1) is 0 Å². The predicted octanol–water partition coefficient (Wildman–Crippen LogP) is -1.38. The van der Waals surface area contributed by atoms with E-state index in [1.165, 1.54) is 0 Å². The van der Waals surface area contributed by atoms with E-state index < -0.39 is 24.5 Å². The number of carbonyl (C=O) groups is 3. The molecule has 0 bridgehead atoms. The van der Waals surface area contributed by atoms with Crippen LogP contribution in [0.15, 0.2) is 0 Å². The van der Waals surface area contributed by atoms with E-state index >= 15 is 0 Å². The number of imide groups is 1. The van der Waals surface area contributed by atoms with E-state index in [2.05, 4.69) is 0 Å². The molecule has 0 saturated carbocycles. The molecule has 0 atom stereocenters. The lowest BCUT2D eigenvalue weighted by molar-refractivity contribution is -0.137. The van der Waals surface area contributed by atoms with Gasteiger partial charge in [-0.25, -0.2) is 4.79 Å². The lowest BCUT2D eigenvalue weighted by Gasteiger charge is -2.07. The van der Waals surface area contributed by atoms with E-state index in [-0.39, 0.29) is 6.54 Å².